The Morgan fingerprint density at radius 2 is 1.53 bits per heavy atom. The minimum atomic E-state index is -4.48. The van der Waals surface area contributed by atoms with E-state index in [1.165, 1.54) is 6.07 Å². The topological polar surface area (TPSA) is 83.9 Å². The van der Waals surface area contributed by atoms with Crippen molar-refractivity contribution in [2.24, 2.45) is 0 Å². The molecule has 238 valence electrons. The Bertz CT molecular complexity index is 1660. The molecule has 0 atom stereocenters. The van der Waals surface area contributed by atoms with Crippen LogP contribution in [0.15, 0.2) is 102 Å². The van der Waals surface area contributed by atoms with Crippen LogP contribution in [0.25, 0.3) is 0 Å². The molecular formula is C34H33F4NO5S. The highest BCUT2D eigenvalue weighted by molar-refractivity contribution is 7.90. The van der Waals surface area contributed by atoms with Crippen molar-refractivity contribution in [3.63, 3.8) is 0 Å². The van der Waals surface area contributed by atoms with Gasteiger partial charge in [-0.2, -0.15) is 13.2 Å². The largest absolute Gasteiger partial charge is 0.493 e. The Hall–Kier alpha value is -4.22. The molecule has 0 unspecified atom stereocenters. The van der Waals surface area contributed by atoms with Crippen LogP contribution in [0, 0.1) is 5.82 Å². The number of carboxylic acids is 1. The first kappa shape index (κ1) is 33.7. The fourth-order valence-electron chi connectivity index (χ4n) is 5.17. The SMILES string of the molecule is CS(=O)(=O)c1cc(OCCCN(Cc2cccc(C(F)(F)F)c2)CC(c2ccccc2)c2ccccc2)cc(F)c1CC(=O)O. The van der Waals surface area contributed by atoms with Crippen molar-refractivity contribution < 1.29 is 40.6 Å². The fraction of sp³-hybridized carbons (Fsp3) is 0.265. The van der Waals surface area contributed by atoms with Crippen molar-refractivity contribution in [1.82, 2.24) is 4.90 Å². The van der Waals surface area contributed by atoms with Crippen LogP contribution in [0.3, 0.4) is 0 Å². The molecule has 0 amide bonds. The first-order valence-corrected chi connectivity index (χ1v) is 16.1. The quantitative estimate of drug-likeness (QED) is 0.118. The van der Waals surface area contributed by atoms with Crippen LogP contribution in [0.5, 0.6) is 5.75 Å². The fourth-order valence-corrected chi connectivity index (χ4v) is 6.12. The van der Waals surface area contributed by atoms with Gasteiger partial charge >= 0.3 is 12.1 Å². The van der Waals surface area contributed by atoms with Crippen LogP contribution >= 0.6 is 0 Å². The number of carbonyl (C=O) groups is 1. The number of nitrogens with zero attached hydrogens (tertiary/aromatic N) is 1. The van der Waals surface area contributed by atoms with E-state index in [0.29, 0.717) is 25.1 Å². The Kier molecular flexibility index (Phi) is 11.0. The maximum Gasteiger partial charge on any atom is 0.416 e. The van der Waals surface area contributed by atoms with Crippen LogP contribution in [0.4, 0.5) is 17.6 Å². The third kappa shape index (κ3) is 9.63. The molecule has 0 fully saturated rings. The highest BCUT2D eigenvalue weighted by Crippen LogP contribution is 2.31. The molecule has 4 rings (SSSR count). The van der Waals surface area contributed by atoms with Crippen LogP contribution in [-0.2, 0) is 33.8 Å². The van der Waals surface area contributed by atoms with E-state index in [-0.39, 0.29) is 24.8 Å². The summed E-state index contributed by atoms with van der Waals surface area (Å²) in [6, 6.07) is 26.8. The number of hydrogen-bond acceptors (Lipinski definition) is 5. The lowest BCUT2D eigenvalue weighted by atomic mass is 9.90. The van der Waals surface area contributed by atoms with Gasteiger partial charge in [-0.15, -0.1) is 0 Å². The zero-order valence-corrected chi connectivity index (χ0v) is 25.3. The van der Waals surface area contributed by atoms with E-state index in [2.05, 4.69) is 0 Å². The van der Waals surface area contributed by atoms with Gasteiger partial charge in [-0.1, -0.05) is 78.9 Å². The number of halogens is 4. The lowest BCUT2D eigenvalue weighted by Crippen LogP contribution is -2.31. The number of carboxylic acid groups (broad SMARTS) is 1. The zero-order chi connectivity index (χ0) is 32.6. The molecule has 0 aliphatic carbocycles. The van der Waals surface area contributed by atoms with Gasteiger partial charge in [0.25, 0.3) is 0 Å². The molecule has 0 radical (unpaired) electrons. The molecule has 0 aliphatic rings. The number of ether oxygens (including phenoxy) is 1. The van der Waals surface area contributed by atoms with Crippen LogP contribution in [0.2, 0.25) is 0 Å². The van der Waals surface area contributed by atoms with E-state index in [4.69, 9.17) is 9.84 Å². The van der Waals surface area contributed by atoms with E-state index in [9.17, 15) is 30.8 Å². The van der Waals surface area contributed by atoms with Gasteiger partial charge < -0.3 is 9.84 Å². The lowest BCUT2D eigenvalue weighted by Gasteiger charge is -2.29. The Balaban J connectivity index is 1.56. The van der Waals surface area contributed by atoms with E-state index in [0.717, 1.165) is 41.6 Å². The summed E-state index contributed by atoms with van der Waals surface area (Å²) in [6.45, 7) is 1.13. The van der Waals surface area contributed by atoms with E-state index in [1.807, 2.05) is 65.6 Å². The molecule has 45 heavy (non-hydrogen) atoms. The number of benzene rings is 4. The Morgan fingerprint density at radius 3 is 2.09 bits per heavy atom. The van der Waals surface area contributed by atoms with Gasteiger partial charge in [0.15, 0.2) is 9.84 Å². The van der Waals surface area contributed by atoms with Gasteiger partial charge in [-0.05, 0) is 35.2 Å². The summed E-state index contributed by atoms with van der Waals surface area (Å²) in [5, 5.41) is 9.09. The molecule has 0 spiro atoms. The molecule has 11 heteroatoms. The van der Waals surface area contributed by atoms with Crippen LogP contribution in [0.1, 0.15) is 40.2 Å². The molecular weight excluding hydrogens is 610 g/mol. The van der Waals surface area contributed by atoms with Gasteiger partial charge in [0, 0.05) is 43.4 Å². The average molecular weight is 644 g/mol. The molecule has 0 heterocycles. The third-order valence-corrected chi connectivity index (χ3v) is 8.41. The minimum absolute atomic E-state index is 0.0430. The summed E-state index contributed by atoms with van der Waals surface area (Å²) in [5.74, 6) is -2.54. The Morgan fingerprint density at radius 1 is 0.911 bits per heavy atom. The zero-order valence-electron chi connectivity index (χ0n) is 24.5. The maximum absolute atomic E-state index is 14.8. The third-order valence-electron chi connectivity index (χ3n) is 7.25. The smallest absolute Gasteiger partial charge is 0.416 e. The standard InChI is InChI=1S/C34H33F4NO5S/c1-45(42,43)32-20-28(19-31(35)29(32)21-33(40)41)44-17-9-16-39(22-24-10-8-15-27(18-24)34(36,37)38)23-30(25-11-4-2-5-12-25)26-13-6-3-7-14-26/h2-8,10-15,18-20,30H,9,16-17,21-23H2,1H3,(H,40,41). The second-order valence-electron chi connectivity index (χ2n) is 10.7. The number of alkyl halides is 3. The second-order valence-corrected chi connectivity index (χ2v) is 12.7. The molecule has 0 aliphatic heterocycles. The van der Waals surface area contributed by atoms with Crippen molar-refractivity contribution in [2.45, 2.75) is 36.4 Å². The molecule has 4 aromatic carbocycles. The van der Waals surface area contributed by atoms with Gasteiger partial charge in [-0.3, -0.25) is 9.69 Å². The van der Waals surface area contributed by atoms with Crippen LogP contribution in [-0.4, -0.2) is 50.3 Å². The van der Waals surface area contributed by atoms with Crippen molar-refractivity contribution in [1.29, 1.82) is 0 Å². The summed E-state index contributed by atoms with van der Waals surface area (Å²) in [5.41, 5.74) is 1.39. The lowest BCUT2D eigenvalue weighted by molar-refractivity contribution is -0.138. The maximum atomic E-state index is 14.8. The van der Waals surface area contributed by atoms with Gasteiger partial charge in [0.1, 0.15) is 11.6 Å². The molecule has 1 N–H and O–H groups in total. The summed E-state index contributed by atoms with van der Waals surface area (Å²) >= 11 is 0. The summed E-state index contributed by atoms with van der Waals surface area (Å²) in [7, 11) is -3.95. The monoisotopic (exact) mass is 643 g/mol. The summed E-state index contributed by atoms with van der Waals surface area (Å²) in [6.07, 6.45) is -4.05. The van der Waals surface area contributed by atoms with E-state index in [1.54, 1.807) is 6.07 Å². The summed E-state index contributed by atoms with van der Waals surface area (Å²) < 4.78 is 85.4. The predicted octanol–water partition coefficient (Wildman–Crippen LogP) is 6.98. The van der Waals surface area contributed by atoms with Gasteiger partial charge in [0.05, 0.1) is 23.5 Å². The average Bonchev–Trinajstić information content (AvgIpc) is 2.99. The molecule has 0 saturated heterocycles. The second kappa shape index (κ2) is 14.7. The number of rotatable bonds is 14. The molecule has 4 aromatic rings. The number of aliphatic carboxylic acids is 1. The normalized spacial score (nSPS) is 12.1. The van der Waals surface area contributed by atoms with Crippen LogP contribution < -0.4 is 4.74 Å². The molecule has 0 aromatic heterocycles. The number of sulfone groups is 1. The van der Waals surface area contributed by atoms with Crippen molar-refractivity contribution >= 4 is 15.8 Å². The number of hydrogen-bond donors (Lipinski definition) is 1. The Labute approximate surface area is 259 Å². The van der Waals surface area contributed by atoms with Gasteiger partial charge in [0.2, 0.25) is 0 Å². The van der Waals surface area contributed by atoms with E-state index >= 15 is 0 Å². The first-order valence-electron chi connectivity index (χ1n) is 14.2. The highest BCUT2D eigenvalue weighted by atomic mass is 32.2. The molecule has 0 bridgehead atoms. The highest BCUT2D eigenvalue weighted by Gasteiger charge is 2.30. The molecule has 0 saturated carbocycles. The van der Waals surface area contributed by atoms with Crippen molar-refractivity contribution in [3.05, 3.63) is 131 Å². The van der Waals surface area contributed by atoms with Gasteiger partial charge in [-0.25, -0.2) is 12.8 Å². The first-order chi connectivity index (χ1) is 21.3. The van der Waals surface area contributed by atoms with Crippen molar-refractivity contribution in [3.8, 4) is 5.75 Å². The minimum Gasteiger partial charge on any atom is -0.493 e. The van der Waals surface area contributed by atoms with Crippen molar-refractivity contribution in [2.75, 3.05) is 26.0 Å². The predicted molar refractivity (Wildman–Crippen MR) is 162 cm³/mol. The van der Waals surface area contributed by atoms with E-state index < -0.39 is 50.2 Å². The molecule has 6 nitrogen and oxygen atoms in total. The summed E-state index contributed by atoms with van der Waals surface area (Å²) in [4.78, 5) is 12.7.